The van der Waals surface area contributed by atoms with Crippen LogP contribution in [0, 0.1) is 0 Å². The SMILES string of the molecule is CC(O)Cc1ccccc1C1CCCNC1. The summed E-state index contributed by atoms with van der Waals surface area (Å²) in [6.07, 6.45) is 3.04. The first-order valence-corrected chi connectivity index (χ1v) is 6.24. The zero-order valence-corrected chi connectivity index (χ0v) is 9.95. The van der Waals surface area contributed by atoms with Gasteiger partial charge < -0.3 is 10.4 Å². The predicted molar refractivity (Wildman–Crippen MR) is 66.7 cm³/mol. The lowest BCUT2D eigenvalue weighted by Crippen LogP contribution is -2.29. The van der Waals surface area contributed by atoms with Gasteiger partial charge in [0, 0.05) is 6.54 Å². The molecule has 0 bridgehead atoms. The molecule has 0 aliphatic carbocycles. The summed E-state index contributed by atoms with van der Waals surface area (Å²) in [4.78, 5) is 0. The summed E-state index contributed by atoms with van der Waals surface area (Å²) < 4.78 is 0. The van der Waals surface area contributed by atoms with Gasteiger partial charge in [0.15, 0.2) is 0 Å². The van der Waals surface area contributed by atoms with E-state index in [2.05, 4.69) is 29.6 Å². The summed E-state index contributed by atoms with van der Waals surface area (Å²) in [6, 6.07) is 8.54. The highest BCUT2D eigenvalue weighted by Crippen LogP contribution is 2.26. The second kappa shape index (κ2) is 5.46. The molecule has 2 heteroatoms. The van der Waals surface area contributed by atoms with E-state index in [-0.39, 0.29) is 6.10 Å². The normalized spacial score (nSPS) is 23.0. The van der Waals surface area contributed by atoms with Crippen LogP contribution in [-0.2, 0) is 6.42 Å². The molecule has 1 heterocycles. The van der Waals surface area contributed by atoms with Gasteiger partial charge in [-0.15, -0.1) is 0 Å². The van der Waals surface area contributed by atoms with Gasteiger partial charge in [0.05, 0.1) is 6.10 Å². The minimum absolute atomic E-state index is 0.252. The van der Waals surface area contributed by atoms with Crippen molar-refractivity contribution in [1.82, 2.24) is 5.32 Å². The number of nitrogens with one attached hydrogen (secondary N) is 1. The number of hydrogen-bond donors (Lipinski definition) is 2. The molecule has 0 radical (unpaired) electrons. The number of aliphatic hydroxyl groups excluding tert-OH is 1. The maximum atomic E-state index is 9.51. The van der Waals surface area contributed by atoms with Gasteiger partial charge in [-0.05, 0) is 49.8 Å². The maximum absolute atomic E-state index is 9.51. The third-order valence-electron chi connectivity index (χ3n) is 3.31. The fraction of sp³-hybridized carbons (Fsp3) is 0.571. The van der Waals surface area contributed by atoms with Gasteiger partial charge in [-0.2, -0.15) is 0 Å². The molecule has 0 aromatic heterocycles. The molecule has 1 aliphatic rings. The zero-order valence-electron chi connectivity index (χ0n) is 9.95. The first-order chi connectivity index (χ1) is 7.77. The van der Waals surface area contributed by atoms with Crippen LogP contribution < -0.4 is 5.32 Å². The average Bonchev–Trinajstić information content (AvgIpc) is 2.30. The van der Waals surface area contributed by atoms with E-state index in [4.69, 9.17) is 0 Å². The molecule has 1 aromatic rings. The molecule has 1 aliphatic heterocycles. The quantitative estimate of drug-likeness (QED) is 0.815. The van der Waals surface area contributed by atoms with Crippen molar-refractivity contribution in [2.24, 2.45) is 0 Å². The summed E-state index contributed by atoms with van der Waals surface area (Å²) in [5, 5.41) is 13.0. The molecule has 2 nitrogen and oxygen atoms in total. The fourth-order valence-corrected chi connectivity index (χ4v) is 2.55. The highest BCUT2D eigenvalue weighted by atomic mass is 16.3. The minimum Gasteiger partial charge on any atom is -0.393 e. The van der Waals surface area contributed by atoms with Crippen molar-refractivity contribution in [3.05, 3.63) is 35.4 Å². The van der Waals surface area contributed by atoms with Crippen LogP contribution in [0.5, 0.6) is 0 Å². The van der Waals surface area contributed by atoms with Crippen molar-refractivity contribution >= 4 is 0 Å². The second-order valence-corrected chi connectivity index (χ2v) is 4.80. The fourth-order valence-electron chi connectivity index (χ4n) is 2.55. The summed E-state index contributed by atoms with van der Waals surface area (Å²) in [5.74, 6) is 0.628. The van der Waals surface area contributed by atoms with Crippen LogP contribution in [0.2, 0.25) is 0 Å². The van der Waals surface area contributed by atoms with E-state index in [1.165, 1.54) is 24.0 Å². The maximum Gasteiger partial charge on any atom is 0.0552 e. The Bertz CT molecular complexity index is 329. The standard InChI is InChI=1S/C14H21NO/c1-11(16)9-12-5-2-3-7-14(12)13-6-4-8-15-10-13/h2-3,5,7,11,13,15-16H,4,6,8-10H2,1H3. The van der Waals surface area contributed by atoms with Gasteiger partial charge >= 0.3 is 0 Å². The molecule has 16 heavy (non-hydrogen) atoms. The zero-order chi connectivity index (χ0) is 11.4. The monoisotopic (exact) mass is 219 g/mol. The van der Waals surface area contributed by atoms with Crippen molar-refractivity contribution < 1.29 is 5.11 Å². The Morgan fingerprint density at radius 3 is 2.94 bits per heavy atom. The van der Waals surface area contributed by atoms with E-state index in [1.54, 1.807) is 0 Å². The lowest BCUT2D eigenvalue weighted by atomic mass is 9.87. The van der Waals surface area contributed by atoms with E-state index in [1.807, 2.05) is 6.92 Å². The first kappa shape index (κ1) is 11.6. The Morgan fingerprint density at radius 1 is 1.44 bits per heavy atom. The van der Waals surface area contributed by atoms with Crippen molar-refractivity contribution in [2.75, 3.05) is 13.1 Å². The largest absolute Gasteiger partial charge is 0.393 e. The number of benzene rings is 1. The van der Waals surface area contributed by atoms with Crippen LogP contribution in [0.25, 0.3) is 0 Å². The molecule has 2 rings (SSSR count). The summed E-state index contributed by atoms with van der Waals surface area (Å²) in [7, 11) is 0. The van der Waals surface area contributed by atoms with Crippen LogP contribution in [0.1, 0.15) is 36.8 Å². The molecule has 0 spiro atoms. The summed E-state index contributed by atoms with van der Waals surface area (Å²) in [5.41, 5.74) is 2.74. The molecular formula is C14H21NO. The van der Waals surface area contributed by atoms with Crippen LogP contribution in [-0.4, -0.2) is 24.3 Å². The lowest BCUT2D eigenvalue weighted by Gasteiger charge is -2.25. The minimum atomic E-state index is -0.252. The Kier molecular flexibility index (Phi) is 3.97. The molecule has 2 N–H and O–H groups in total. The Morgan fingerprint density at radius 2 is 2.25 bits per heavy atom. The molecular weight excluding hydrogens is 198 g/mol. The summed E-state index contributed by atoms with van der Waals surface area (Å²) in [6.45, 7) is 4.09. The van der Waals surface area contributed by atoms with Gasteiger partial charge in [0.25, 0.3) is 0 Å². The third-order valence-corrected chi connectivity index (χ3v) is 3.31. The number of piperidine rings is 1. The van der Waals surface area contributed by atoms with Crippen molar-refractivity contribution in [2.45, 2.75) is 38.2 Å². The van der Waals surface area contributed by atoms with E-state index < -0.39 is 0 Å². The van der Waals surface area contributed by atoms with Crippen LogP contribution in [0.3, 0.4) is 0 Å². The Balaban J connectivity index is 2.17. The molecule has 0 saturated carbocycles. The number of rotatable bonds is 3. The average molecular weight is 219 g/mol. The highest BCUT2D eigenvalue weighted by molar-refractivity contribution is 5.31. The van der Waals surface area contributed by atoms with Crippen LogP contribution in [0.4, 0.5) is 0 Å². The molecule has 2 atom stereocenters. The van der Waals surface area contributed by atoms with Gasteiger partial charge in [-0.1, -0.05) is 24.3 Å². The summed E-state index contributed by atoms with van der Waals surface area (Å²) >= 11 is 0. The number of aliphatic hydroxyl groups is 1. The Labute approximate surface area is 97.7 Å². The van der Waals surface area contributed by atoms with Crippen molar-refractivity contribution in [1.29, 1.82) is 0 Å². The molecule has 0 amide bonds. The van der Waals surface area contributed by atoms with Crippen LogP contribution in [0.15, 0.2) is 24.3 Å². The van der Waals surface area contributed by atoms with E-state index in [0.29, 0.717) is 5.92 Å². The topological polar surface area (TPSA) is 32.3 Å². The molecule has 1 fully saturated rings. The van der Waals surface area contributed by atoms with Crippen LogP contribution >= 0.6 is 0 Å². The lowest BCUT2D eigenvalue weighted by molar-refractivity contribution is 0.195. The third kappa shape index (κ3) is 2.83. The van der Waals surface area contributed by atoms with Gasteiger partial charge in [0.2, 0.25) is 0 Å². The highest BCUT2D eigenvalue weighted by Gasteiger charge is 2.18. The van der Waals surface area contributed by atoms with Gasteiger partial charge in [-0.3, -0.25) is 0 Å². The number of hydrogen-bond acceptors (Lipinski definition) is 2. The van der Waals surface area contributed by atoms with E-state index in [9.17, 15) is 5.11 Å². The van der Waals surface area contributed by atoms with Crippen molar-refractivity contribution in [3.63, 3.8) is 0 Å². The predicted octanol–water partition coefficient (Wildman–Crippen LogP) is 2.08. The second-order valence-electron chi connectivity index (χ2n) is 4.80. The molecule has 88 valence electrons. The molecule has 1 saturated heterocycles. The Hall–Kier alpha value is -0.860. The first-order valence-electron chi connectivity index (χ1n) is 6.24. The van der Waals surface area contributed by atoms with Crippen molar-refractivity contribution in [3.8, 4) is 0 Å². The molecule has 1 aromatic carbocycles. The smallest absolute Gasteiger partial charge is 0.0552 e. The van der Waals surface area contributed by atoms with Gasteiger partial charge in [-0.25, -0.2) is 0 Å². The van der Waals surface area contributed by atoms with Gasteiger partial charge in [0.1, 0.15) is 0 Å². The van der Waals surface area contributed by atoms with E-state index in [0.717, 1.165) is 19.5 Å². The van der Waals surface area contributed by atoms with E-state index >= 15 is 0 Å². The molecule has 2 unspecified atom stereocenters.